The minimum atomic E-state index is -0.541. The molecular formula is C14H11F2NO. The molecule has 2 aromatic rings. The van der Waals surface area contributed by atoms with Crippen LogP contribution >= 0.6 is 0 Å². The molecule has 2 N–H and O–H groups in total. The number of Topliss-reactive ketones (excluding diaryl/α,β-unsaturated/α-hetero) is 1. The standard InChI is InChI=1S/C14H11F2NO/c15-10-5-6-13(17)11(8-10)14(18)7-9-3-1-2-4-12(9)16/h1-6,8H,7,17H2. The molecule has 0 saturated heterocycles. The molecule has 0 atom stereocenters. The molecule has 0 amide bonds. The first kappa shape index (κ1) is 12.2. The number of ketones is 1. The first-order valence-corrected chi connectivity index (χ1v) is 5.39. The highest BCUT2D eigenvalue weighted by Gasteiger charge is 2.13. The van der Waals surface area contributed by atoms with Gasteiger partial charge in [0.05, 0.1) is 0 Å². The van der Waals surface area contributed by atoms with Crippen molar-refractivity contribution in [2.75, 3.05) is 5.73 Å². The zero-order valence-corrected chi connectivity index (χ0v) is 9.49. The second kappa shape index (κ2) is 4.96. The Morgan fingerprint density at radius 1 is 1.11 bits per heavy atom. The van der Waals surface area contributed by atoms with Crippen molar-refractivity contribution in [3.05, 3.63) is 65.2 Å². The van der Waals surface area contributed by atoms with Gasteiger partial charge in [-0.15, -0.1) is 0 Å². The fourth-order valence-corrected chi connectivity index (χ4v) is 1.68. The smallest absolute Gasteiger partial charge is 0.169 e. The number of halogens is 2. The first-order valence-electron chi connectivity index (χ1n) is 5.39. The molecule has 0 saturated carbocycles. The van der Waals surface area contributed by atoms with Gasteiger partial charge >= 0.3 is 0 Å². The van der Waals surface area contributed by atoms with Crippen molar-refractivity contribution >= 4 is 11.5 Å². The van der Waals surface area contributed by atoms with Crippen LogP contribution in [0.3, 0.4) is 0 Å². The van der Waals surface area contributed by atoms with Crippen LogP contribution in [0.25, 0.3) is 0 Å². The number of hydrogen-bond acceptors (Lipinski definition) is 2. The van der Waals surface area contributed by atoms with Crippen molar-refractivity contribution in [2.45, 2.75) is 6.42 Å². The van der Waals surface area contributed by atoms with E-state index >= 15 is 0 Å². The van der Waals surface area contributed by atoms with Crippen LogP contribution in [-0.2, 0) is 6.42 Å². The zero-order chi connectivity index (χ0) is 13.1. The van der Waals surface area contributed by atoms with E-state index in [4.69, 9.17) is 5.73 Å². The van der Waals surface area contributed by atoms with Crippen molar-refractivity contribution < 1.29 is 13.6 Å². The average molecular weight is 247 g/mol. The second-order valence-electron chi connectivity index (χ2n) is 3.92. The number of carbonyl (C=O) groups excluding carboxylic acids is 1. The summed E-state index contributed by atoms with van der Waals surface area (Å²) < 4.78 is 26.4. The number of anilines is 1. The maximum atomic E-state index is 13.4. The van der Waals surface area contributed by atoms with Gasteiger partial charge in [-0.3, -0.25) is 4.79 Å². The lowest BCUT2D eigenvalue weighted by Gasteiger charge is -2.06. The number of nitrogen functional groups attached to an aromatic ring is 1. The predicted molar refractivity (Wildman–Crippen MR) is 65.2 cm³/mol. The number of benzene rings is 2. The highest BCUT2D eigenvalue weighted by atomic mass is 19.1. The molecule has 0 bridgehead atoms. The van der Waals surface area contributed by atoms with E-state index in [-0.39, 0.29) is 23.2 Å². The molecule has 0 aliphatic rings. The predicted octanol–water partition coefficient (Wildman–Crippen LogP) is 2.97. The van der Waals surface area contributed by atoms with E-state index in [2.05, 4.69) is 0 Å². The van der Waals surface area contributed by atoms with Crippen LogP contribution in [0.15, 0.2) is 42.5 Å². The van der Waals surface area contributed by atoms with Gasteiger partial charge < -0.3 is 5.73 Å². The van der Waals surface area contributed by atoms with Gasteiger partial charge in [0, 0.05) is 17.7 Å². The summed E-state index contributed by atoms with van der Waals surface area (Å²) in [5, 5.41) is 0. The molecule has 4 heteroatoms. The van der Waals surface area contributed by atoms with E-state index in [0.29, 0.717) is 0 Å². The van der Waals surface area contributed by atoms with E-state index in [1.165, 1.54) is 24.3 Å². The van der Waals surface area contributed by atoms with Crippen LogP contribution in [0.4, 0.5) is 14.5 Å². The molecular weight excluding hydrogens is 236 g/mol. The third kappa shape index (κ3) is 2.53. The van der Waals surface area contributed by atoms with Gasteiger partial charge in [-0.1, -0.05) is 18.2 Å². The van der Waals surface area contributed by atoms with E-state index < -0.39 is 17.4 Å². The fourth-order valence-electron chi connectivity index (χ4n) is 1.68. The minimum absolute atomic E-state index is 0.0817. The summed E-state index contributed by atoms with van der Waals surface area (Å²) in [6.07, 6.45) is -0.139. The van der Waals surface area contributed by atoms with Gasteiger partial charge in [0.1, 0.15) is 11.6 Å². The van der Waals surface area contributed by atoms with Crippen molar-refractivity contribution in [1.82, 2.24) is 0 Å². The van der Waals surface area contributed by atoms with Crippen LogP contribution in [0, 0.1) is 11.6 Å². The van der Waals surface area contributed by atoms with E-state index in [0.717, 1.165) is 6.07 Å². The van der Waals surface area contributed by atoms with Crippen molar-refractivity contribution in [2.24, 2.45) is 0 Å². The summed E-state index contributed by atoms with van der Waals surface area (Å²) in [5.74, 6) is -1.40. The lowest BCUT2D eigenvalue weighted by atomic mass is 10.0. The molecule has 0 unspecified atom stereocenters. The zero-order valence-electron chi connectivity index (χ0n) is 9.49. The van der Waals surface area contributed by atoms with Crippen molar-refractivity contribution in [3.63, 3.8) is 0 Å². The Bertz CT molecular complexity index is 596. The SMILES string of the molecule is Nc1ccc(F)cc1C(=O)Cc1ccccc1F. The summed E-state index contributed by atoms with van der Waals surface area (Å²) >= 11 is 0. The summed E-state index contributed by atoms with van der Waals surface area (Å²) in [6.45, 7) is 0. The van der Waals surface area contributed by atoms with Crippen molar-refractivity contribution in [1.29, 1.82) is 0 Å². The van der Waals surface area contributed by atoms with Crippen LogP contribution in [0.5, 0.6) is 0 Å². The summed E-state index contributed by atoms with van der Waals surface area (Å²) in [6, 6.07) is 9.54. The Kier molecular flexibility index (Phi) is 3.37. The maximum absolute atomic E-state index is 13.4. The number of rotatable bonds is 3. The summed E-state index contributed by atoms with van der Waals surface area (Å²) in [4.78, 5) is 11.9. The monoisotopic (exact) mass is 247 g/mol. The number of nitrogens with two attached hydrogens (primary N) is 1. The summed E-state index contributed by atoms with van der Waals surface area (Å²) in [5.41, 5.74) is 6.14. The van der Waals surface area contributed by atoms with Gasteiger partial charge in [-0.2, -0.15) is 0 Å². The van der Waals surface area contributed by atoms with Gasteiger partial charge in [-0.25, -0.2) is 8.78 Å². The van der Waals surface area contributed by atoms with Crippen LogP contribution < -0.4 is 5.73 Å². The van der Waals surface area contributed by atoms with Crippen molar-refractivity contribution in [3.8, 4) is 0 Å². The van der Waals surface area contributed by atoms with Gasteiger partial charge in [0.2, 0.25) is 0 Å². The van der Waals surface area contributed by atoms with E-state index in [9.17, 15) is 13.6 Å². The van der Waals surface area contributed by atoms with E-state index in [1.807, 2.05) is 0 Å². The molecule has 0 aromatic heterocycles. The highest BCUT2D eigenvalue weighted by Crippen LogP contribution is 2.17. The normalized spacial score (nSPS) is 10.3. The van der Waals surface area contributed by atoms with Crippen LogP contribution in [0.1, 0.15) is 15.9 Å². The molecule has 18 heavy (non-hydrogen) atoms. The first-order chi connectivity index (χ1) is 8.58. The van der Waals surface area contributed by atoms with Gasteiger partial charge in [-0.05, 0) is 29.8 Å². The molecule has 0 aliphatic carbocycles. The third-order valence-electron chi connectivity index (χ3n) is 2.62. The Hall–Kier alpha value is -2.23. The molecule has 0 spiro atoms. The number of carbonyl (C=O) groups is 1. The lowest BCUT2D eigenvalue weighted by Crippen LogP contribution is -2.08. The topological polar surface area (TPSA) is 43.1 Å². The highest BCUT2D eigenvalue weighted by molar-refractivity contribution is 6.01. The minimum Gasteiger partial charge on any atom is -0.398 e. The molecule has 0 fully saturated rings. The molecule has 2 rings (SSSR count). The quantitative estimate of drug-likeness (QED) is 0.669. The Labute approximate surface area is 103 Å². The molecule has 2 aromatic carbocycles. The molecule has 92 valence electrons. The third-order valence-corrected chi connectivity index (χ3v) is 2.62. The molecule has 2 nitrogen and oxygen atoms in total. The van der Waals surface area contributed by atoms with E-state index in [1.54, 1.807) is 12.1 Å². The van der Waals surface area contributed by atoms with Gasteiger partial charge in [0.25, 0.3) is 0 Å². The van der Waals surface area contributed by atoms with Gasteiger partial charge in [0.15, 0.2) is 5.78 Å². The average Bonchev–Trinajstić information content (AvgIpc) is 2.35. The number of hydrogen-bond donors (Lipinski definition) is 1. The molecule has 0 radical (unpaired) electrons. The Morgan fingerprint density at radius 3 is 2.56 bits per heavy atom. The molecule has 0 heterocycles. The maximum Gasteiger partial charge on any atom is 0.169 e. The molecule has 0 aliphatic heterocycles. The van der Waals surface area contributed by atoms with Crippen LogP contribution in [-0.4, -0.2) is 5.78 Å². The van der Waals surface area contributed by atoms with Crippen LogP contribution in [0.2, 0.25) is 0 Å². The summed E-state index contributed by atoms with van der Waals surface area (Å²) in [7, 11) is 0. The Balaban J connectivity index is 2.28. The lowest BCUT2D eigenvalue weighted by molar-refractivity contribution is 0.0992. The Morgan fingerprint density at radius 2 is 1.83 bits per heavy atom. The second-order valence-corrected chi connectivity index (χ2v) is 3.92. The fraction of sp³-hybridized carbons (Fsp3) is 0.0714. The largest absolute Gasteiger partial charge is 0.398 e.